The molecule has 0 spiro atoms. The van der Waals surface area contributed by atoms with E-state index in [4.69, 9.17) is 10.2 Å². The van der Waals surface area contributed by atoms with Crippen LogP contribution < -0.4 is 0 Å². The van der Waals surface area contributed by atoms with Crippen LogP contribution in [-0.2, 0) is 6.61 Å². The normalized spacial score (nSPS) is 8.50. The monoisotopic (exact) mass is 142 g/mol. The maximum atomic E-state index is 8.77. The van der Waals surface area contributed by atoms with Crippen molar-refractivity contribution in [1.29, 1.82) is 0 Å². The summed E-state index contributed by atoms with van der Waals surface area (Å²) in [7, 11) is 0. The summed E-state index contributed by atoms with van der Waals surface area (Å²) in [6.07, 6.45) is 0. The summed E-state index contributed by atoms with van der Waals surface area (Å²) < 4.78 is 0. The number of phenols is 1. The van der Waals surface area contributed by atoms with Gasteiger partial charge < -0.3 is 15.7 Å². The molecule has 0 amide bonds. The first-order valence-electron chi connectivity index (χ1n) is 2.71. The van der Waals surface area contributed by atoms with E-state index >= 15 is 0 Å². The van der Waals surface area contributed by atoms with Crippen LogP contribution >= 0.6 is 0 Å². The number of benzene rings is 1. The van der Waals surface area contributed by atoms with Crippen molar-refractivity contribution in [3.05, 3.63) is 29.8 Å². The molecular weight excluding hydrogens is 132 g/mol. The summed E-state index contributed by atoms with van der Waals surface area (Å²) in [6, 6.07) is 6.45. The third-order valence-corrected chi connectivity index (χ3v) is 1.12. The minimum Gasteiger partial charge on any atom is -0.508 e. The van der Waals surface area contributed by atoms with E-state index in [9.17, 15) is 0 Å². The lowest BCUT2D eigenvalue weighted by Gasteiger charge is -1.93. The number of aliphatic hydroxyl groups is 1. The molecule has 0 heterocycles. The number of phenolic OH excluding ortho intramolecular Hbond substituents is 1. The Hall–Kier alpha value is -1.06. The molecule has 0 aliphatic rings. The molecule has 10 heavy (non-hydrogen) atoms. The molecular formula is C7H10O3. The first kappa shape index (κ1) is 8.94. The van der Waals surface area contributed by atoms with Crippen molar-refractivity contribution >= 4 is 0 Å². The number of hydrogen-bond acceptors (Lipinski definition) is 2. The lowest BCUT2D eigenvalue weighted by atomic mass is 10.2. The minimum atomic E-state index is 0. The van der Waals surface area contributed by atoms with E-state index in [1.165, 1.54) is 0 Å². The van der Waals surface area contributed by atoms with Crippen molar-refractivity contribution in [2.24, 2.45) is 0 Å². The van der Waals surface area contributed by atoms with Gasteiger partial charge in [-0.3, -0.25) is 0 Å². The molecule has 0 saturated carbocycles. The zero-order valence-electron chi connectivity index (χ0n) is 5.41. The Morgan fingerprint density at radius 3 is 2.00 bits per heavy atom. The van der Waals surface area contributed by atoms with Crippen molar-refractivity contribution in [3.8, 4) is 5.75 Å². The number of aromatic hydroxyl groups is 1. The molecule has 0 aromatic heterocycles. The number of rotatable bonds is 1. The summed E-state index contributed by atoms with van der Waals surface area (Å²) in [5.74, 6) is 0.229. The van der Waals surface area contributed by atoms with Crippen molar-refractivity contribution in [3.63, 3.8) is 0 Å². The molecule has 0 aliphatic heterocycles. The molecule has 56 valence electrons. The van der Waals surface area contributed by atoms with E-state index in [0.29, 0.717) is 0 Å². The predicted octanol–water partition coefficient (Wildman–Crippen LogP) is 0.0598. The lowest BCUT2D eigenvalue weighted by molar-refractivity contribution is 0.281. The predicted molar refractivity (Wildman–Crippen MR) is 37.6 cm³/mol. The highest BCUT2D eigenvalue weighted by molar-refractivity contribution is 5.25. The lowest BCUT2D eigenvalue weighted by Crippen LogP contribution is -1.78. The smallest absolute Gasteiger partial charge is 0.115 e. The van der Waals surface area contributed by atoms with Crippen LogP contribution in [-0.4, -0.2) is 15.7 Å². The fourth-order valence-electron chi connectivity index (χ4n) is 0.601. The quantitative estimate of drug-likeness (QED) is 0.582. The zero-order valence-corrected chi connectivity index (χ0v) is 5.41. The maximum absolute atomic E-state index is 8.77. The SMILES string of the molecule is O.OCc1ccc(O)cc1. The first-order chi connectivity index (χ1) is 4.33. The van der Waals surface area contributed by atoms with Crippen LogP contribution in [0.5, 0.6) is 5.75 Å². The standard InChI is InChI=1S/C7H8O2.H2O/c8-5-6-1-3-7(9)4-2-6;/h1-4,8-9H,5H2;1H2. The van der Waals surface area contributed by atoms with Gasteiger partial charge in [0.05, 0.1) is 6.61 Å². The van der Waals surface area contributed by atoms with Crippen LogP contribution in [0.15, 0.2) is 24.3 Å². The van der Waals surface area contributed by atoms with Gasteiger partial charge in [0.1, 0.15) is 5.75 Å². The molecule has 3 nitrogen and oxygen atoms in total. The summed E-state index contributed by atoms with van der Waals surface area (Å²) in [6.45, 7) is 0.0281. The number of aliphatic hydroxyl groups excluding tert-OH is 1. The fraction of sp³-hybridized carbons (Fsp3) is 0.143. The van der Waals surface area contributed by atoms with Crippen LogP contribution in [0, 0.1) is 0 Å². The van der Waals surface area contributed by atoms with Gasteiger partial charge in [-0.1, -0.05) is 12.1 Å². The Morgan fingerprint density at radius 2 is 1.60 bits per heavy atom. The molecule has 0 aliphatic carbocycles. The van der Waals surface area contributed by atoms with Gasteiger partial charge >= 0.3 is 0 Å². The average molecular weight is 142 g/mol. The fourth-order valence-corrected chi connectivity index (χ4v) is 0.601. The van der Waals surface area contributed by atoms with Gasteiger partial charge in [-0.05, 0) is 17.7 Å². The largest absolute Gasteiger partial charge is 0.508 e. The second-order valence-corrected chi connectivity index (χ2v) is 1.82. The molecule has 0 unspecified atom stereocenters. The van der Waals surface area contributed by atoms with Crippen LogP contribution in [0.2, 0.25) is 0 Å². The maximum Gasteiger partial charge on any atom is 0.115 e. The van der Waals surface area contributed by atoms with Crippen molar-refractivity contribution in [2.75, 3.05) is 0 Å². The zero-order chi connectivity index (χ0) is 6.69. The third-order valence-electron chi connectivity index (χ3n) is 1.12. The Morgan fingerprint density at radius 1 is 1.10 bits per heavy atom. The second-order valence-electron chi connectivity index (χ2n) is 1.82. The molecule has 0 fully saturated rings. The van der Waals surface area contributed by atoms with E-state index in [2.05, 4.69) is 0 Å². The first-order valence-corrected chi connectivity index (χ1v) is 2.71. The van der Waals surface area contributed by atoms with Crippen LogP contribution in [0.4, 0.5) is 0 Å². The average Bonchev–Trinajstić information content (AvgIpc) is 1.90. The molecule has 3 heteroatoms. The van der Waals surface area contributed by atoms with E-state index in [1.54, 1.807) is 24.3 Å². The third kappa shape index (κ3) is 2.05. The Balaban J connectivity index is 0.000000810. The summed E-state index contributed by atoms with van der Waals surface area (Å²) in [5, 5.41) is 17.3. The van der Waals surface area contributed by atoms with Gasteiger partial charge in [-0.15, -0.1) is 0 Å². The summed E-state index contributed by atoms with van der Waals surface area (Å²) >= 11 is 0. The highest BCUT2D eigenvalue weighted by atomic mass is 16.3. The molecule has 4 N–H and O–H groups in total. The van der Waals surface area contributed by atoms with Crippen LogP contribution in [0.25, 0.3) is 0 Å². The van der Waals surface area contributed by atoms with Crippen LogP contribution in [0.1, 0.15) is 5.56 Å². The van der Waals surface area contributed by atoms with E-state index < -0.39 is 0 Å². The van der Waals surface area contributed by atoms with Gasteiger partial charge in [0.2, 0.25) is 0 Å². The summed E-state index contributed by atoms with van der Waals surface area (Å²) in [4.78, 5) is 0. The van der Waals surface area contributed by atoms with E-state index in [0.717, 1.165) is 5.56 Å². The molecule has 1 rings (SSSR count). The topological polar surface area (TPSA) is 72.0 Å². The Kier molecular flexibility index (Phi) is 3.46. The van der Waals surface area contributed by atoms with E-state index in [1.807, 2.05) is 0 Å². The van der Waals surface area contributed by atoms with Gasteiger partial charge in [0.25, 0.3) is 0 Å². The van der Waals surface area contributed by atoms with Crippen molar-refractivity contribution in [1.82, 2.24) is 0 Å². The molecule has 0 saturated heterocycles. The molecule has 0 atom stereocenters. The van der Waals surface area contributed by atoms with Gasteiger partial charge in [0.15, 0.2) is 0 Å². The van der Waals surface area contributed by atoms with Gasteiger partial charge in [-0.2, -0.15) is 0 Å². The van der Waals surface area contributed by atoms with Crippen LogP contribution in [0.3, 0.4) is 0 Å². The minimum absolute atomic E-state index is 0. The van der Waals surface area contributed by atoms with Crippen molar-refractivity contribution in [2.45, 2.75) is 6.61 Å². The number of hydrogen-bond donors (Lipinski definition) is 2. The molecule has 1 aromatic carbocycles. The van der Waals surface area contributed by atoms with Gasteiger partial charge in [-0.25, -0.2) is 0 Å². The second kappa shape index (κ2) is 3.87. The molecule has 0 radical (unpaired) electrons. The molecule has 1 aromatic rings. The molecule has 0 bridgehead atoms. The Labute approximate surface area is 58.9 Å². The highest BCUT2D eigenvalue weighted by Gasteiger charge is 1.87. The van der Waals surface area contributed by atoms with Crippen molar-refractivity contribution < 1.29 is 15.7 Å². The van der Waals surface area contributed by atoms with Gasteiger partial charge in [0, 0.05) is 0 Å². The Bertz CT molecular complexity index is 181. The summed E-state index contributed by atoms with van der Waals surface area (Å²) in [5.41, 5.74) is 0.813. The highest BCUT2D eigenvalue weighted by Crippen LogP contribution is 2.08. The van der Waals surface area contributed by atoms with E-state index in [-0.39, 0.29) is 17.8 Å².